The molecule has 3 aromatic rings. The van der Waals surface area contributed by atoms with Gasteiger partial charge in [0.1, 0.15) is 11.4 Å². The van der Waals surface area contributed by atoms with Crippen LogP contribution in [0.5, 0.6) is 0 Å². The molecule has 7 heteroatoms. The van der Waals surface area contributed by atoms with E-state index in [-0.39, 0.29) is 22.9 Å². The van der Waals surface area contributed by atoms with Crippen LogP contribution in [0.15, 0.2) is 48.8 Å². The van der Waals surface area contributed by atoms with Crippen molar-refractivity contribution in [1.82, 2.24) is 25.6 Å². The maximum absolute atomic E-state index is 13.2. The molecule has 3 N–H and O–H groups in total. The minimum absolute atomic E-state index is 0.122. The zero-order chi connectivity index (χ0) is 21.1. The van der Waals surface area contributed by atoms with E-state index in [0.717, 1.165) is 43.1 Å². The molecule has 0 saturated heterocycles. The molecule has 4 saturated carbocycles. The van der Waals surface area contributed by atoms with Crippen LogP contribution in [0.3, 0.4) is 0 Å². The van der Waals surface area contributed by atoms with Crippen molar-refractivity contribution in [1.29, 1.82) is 0 Å². The minimum Gasteiger partial charge on any atom is -0.360 e. The van der Waals surface area contributed by atoms with E-state index in [0.29, 0.717) is 23.2 Å². The van der Waals surface area contributed by atoms with Gasteiger partial charge in [-0.25, -0.2) is 4.98 Å². The molecule has 0 spiro atoms. The molecular formula is C24H25N5O2. The highest BCUT2D eigenvalue weighted by Crippen LogP contribution is 2.57. The van der Waals surface area contributed by atoms with Crippen molar-refractivity contribution >= 4 is 22.8 Å². The fourth-order valence-electron chi connectivity index (χ4n) is 6.72. The minimum atomic E-state index is -0.284. The van der Waals surface area contributed by atoms with Gasteiger partial charge in [0.15, 0.2) is 0 Å². The van der Waals surface area contributed by atoms with E-state index < -0.39 is 0 Å². The Morgan fingerprint density at radius 2 is 1.61 bits per heavy atom. The number of carbonyl (C=O) groups excluding carboxylic acids is 2. The van der Waals surface area contributed by atoms with Crippen LogP contribution in [-0.4, -0.2) is 37.8 Å². The number of rotatable bonds is 4. The second-order valence-corrected chi connectivity index (χ2v) is 9.75. The molecule has 3 aromatic heterocycles. The zero-order valence-corrected chi connectivity index (χ0v) is 17.2. The van der Waals surface area contributed by atoms with Crippen LogP contribution in [0, 0.1) is 11.8 Å². The lowest BCUT2D eigenvalue weighted by Gasteiger charge is -2.62. The summed E-state index contributed by atoms with van der Waals surface area (Å²) in [4.78, 5) is 37.9. The van der Waals surface area contributed by atoms with Crippen molar-refractivity contribution in [3.63, 3.8) is 0 Å². The standard InChI is InChI=1S/C24H25N5O2/c30-21(19-3-1-2-7-25-19)28-23-10-15-9-16(11-23)13-24(12-15,14-23)29-22(31)20-5-4-17-18(27-20)6-8-26-17/h1-8,15-16,26H,9-14H2,(H,28,30)(H,29,31). The number of H-pyrrole nitrogens is 1. The molecule has 158 valence electrons. The van der Waals surface area contributed by atoms with Gasteiger partial charge in [-0.3, -0.25) is 14.6 Å². The molecule has 4 fully saturated rings. The highest BCUT2D eigenvalue weighted by atomic mass is 16.2. The summed E-state index contributed by atoms with van der Waals surface area (Å²) >= 11 is 0. The number of hydrogen-bond donors (Lipinski definition) is 3. The number of nitrogens with one attached hydrogen (secondary N) is 3. The van der Waals surface area contributed by atoms with Gasteiger partial charge in [-0.2, -0.15) is 0 Å². The average molecular weight is 415 g/mol. The smallest absolute Gasteiger partial charge is 0.270 e. The van der Waals surface area contributed by atoms with Crippen molar-refractivity contribution in [2.75, 3.05) is 0 Å². The Hall–Kier alpha value is -3.22. The third kappa shape index (κ3) is 3.19. The van der Waals surface area contributed by atoms with E-state index in [1.807, 2.05) is 30.5 Å². The fraction of sp³-hybridized carbons (Fsp3) is 0.417. The molecular weight excluding hydrogens is 390 g/mol. The van der Waals surface area contributed by atoms with E-state index >= 15 is 0 Å². The summed E-state index contributed by atoms with van der Waals surface area (Å²) in [6.45, 7) is 0. The number of hydrogen-bond acceptors (Lipinski definition) is 4. The fourth-order valence-corrected chi connectivity index (χ4v) is 6.72. The number of carbonyl (C=O) groups is 2. The predicted molar refractivity (Wildman–Crippen MR) is 115 cm³/mol. The third-order valence-corrected chi connectivity index (χ3v) is 7.35. The van der Waals surface area contributed by atoms with Gasteiger partial charge >= 0.3 is 0 Å². The van der Waals surface area contributed by atoms with E-state index in [4.69, 9.17) is 0 Å². The highest BCUT2D eigenvalue weighted by molar-refractivity contribution is 5.95. The average Bonchev–Trinajstić information content (AvgIpc) is 3.20. The van der Waals surface area contributed by atoms with Crippen LogP contribution >= 0.6 is 0 Å². The highest BCUT2D eigenvalue weighted by Gasteiger charge is 2.58. The van der Waals surface area contributed by atoms with Crippen LogP contribution in [0.1, 0.15) is 59.5 Å². The Kier molecular flexibility index (Phi) is 3.97. The van der Waals surface area contributed by atoms with Crippen molar-refractivity contribution < 1.29 is 9.59 Å². The normalized spacial score (nSPS) is 31.0. The molecule has 7 rings (SSSR count). The molecule has 31 heavy (non-hydrogen) atoms. The second-order valence-electron chi connectivity index (χ2n) is 9.75. The summed E-state index contributed by atoms with van der Waals surface area (Å²) in [5.74, 6) is 0.788. The van der Waals surface area contributed by atoms with Gasteiger partial charge in [0.05, 0.1) is 11.0 Å². The Morgan fingerprint density at radius 1 is 0.903 bits per heavy atom. The Bertz CT molecular complexity index is 1160. The summed E-state index contributed by atoms with van der Waals surface area (Å²) < 4.78 is 0. The molecule has 2 atom stereocenters. The van der Waals surface area contributed by atoms with Gasteiger partial charge in [-0.1, -0.05) is 6.07 Å². The number of pyridine rings is 2. The summed E-state index contributed by atoms with van der Waals surface area (Å²) in [5, 5.41) is 6.68. The van der Waals surface area contributed by atoms with E-state index in [9.17, 15) is 9.59 Å². The molecule has 0 aliphatic heterocycles. The summed E-state index contributed by atoms with van der Waals surface area (Å²) in [6, 6.07) is 10.9. The maximum atomic E-state index is 13.2. The summed E-state index contributed by atoms with van der Waals surface area (Å²) in [7, 11) is 0. The van der Waals surface area contributed by atoms with Crippen LogP contribution in [0.2, 0.25) is 0 Å². The van der Waals surface area contributed by atoms with E-state index in [2.05, 4.69) is 25.6 Å². The first-order chi connectivity index (χ1) is 15.0. The quantitative estimate of drug-likeness (QED) is 0.609. The van der Waals surface area contributed by atoms with Gasteiger partial charge in [-0.15, -0.1) is 0 Å². The SMILES string of the molecule is O=C(NC12CC3CC(C1)CC(NC(=O)c1ccc4[nH]ccc4n1)(C3)C2)c1ccccn1. The molecule has 0 radical (unpaired) electrons. The van der Waals surface area contributed by atoms with E-state index in [1.54, 1.807) is 18.3 Å². The van der Waals surface area contributed by atoms with Crippen LogP contribution in [0.25, 0.3) is 11.0 Å². The van der Waals surface area contributed by atoms with Gasteiger partial charge < -0.3 is 15.6 Å². The number of amides is 2. The molecule has 4 aliphatic carbocycles. The summed E-state index contributed by atoms with van der Waals surface area (Å²) in [5.41, 5.74) is 2.03. The van der Waals surface area contributed by atoms with Crippen LogP contribution in [-0.2, 0) is 0 Å². The lowest BCUT2D eigenvalue weighted by molar-refractivity contribution is -0.0449. The molecule has 0 aromatic carbocycles. The lowest BCUT2D eigenvalue weighted by Crippen LogP contribution is -2.69. The molecule has 2 amide bonds. The Morgan fingerprint density at radius 3 is 2.29 bits per heavy atom. The van der Waals surface area contributed by atoms with Gasteiger partial charge in [0.2, 0.25) is 0 Å². The number of fused-ring (bicyclic) bond motifs is 1. The molecule has 2 unspecified atom stereocenters. The first kappa shape index (κ1) is 18.5. The predicted octanol–water partition coefficient (Wildman–Crippen LogP) is 3.21. The van der Waals surface area contributed by atoms with Crippen LogP contribution in [0.4, 0.5) is 0 Å². The molecule has 4 aliphatic rings. The molecule has 7 nitrogen and oxygen atoms in total. The molecule has 4 bridgehead atoms. The first-order valence-electron chi connectivity index (χ1n) is 11.0. The maximum Gasteiger partial charge on any atom is 0.270 e. The number of aromatic amines is 1. The topological polar surface area (TPSA) is 99.8 Å². The van der Waals surface area contributed by atoms with E-state index in [1.165, 1.54) is 6.42 Å². The van der Waals surface area contributed by atoms with Crippen molar-refractivity contribution in [3.8, 4) is 0 Å². The van der Waals surface area contributed by atoms with Crippen molar-refractivity contribution in [2.24, 2.45) is 11.8 Å². The van der Waals surface area contributed by atoms with Gasteiger partial charge in [-0.05, 0) is 80.7 Å². The number of nitrogens with zero attached hydrogens (tertiary/aromatic N) is 2. The van der Waals surface area contributed by atoms with Crippen molar-refractivity contribution in [2.45, 2.75) is 49.6 Å². The first-order valence-corrected chi connectivity index (χ1v) is 11.0. The van der Waals surface area contributed by atoms with Crippen molar-refractivity contribution in [3.05, 3.63) is 60.2 Å². The Balaban J connectivity index is 1.25. The number of aromatic nitrogens is 3. The van der Waals surface area contributed by atoms with Gasteiger partial charge in [0, 0.05) is 23.5 Å². The largest absolute Gasteiger partial charge is 0.360 e. The lowest BCUT2D eigenvalue weighted by atomic mass is 9.49. The molecule has 3 heterocycles. The Labute approximate surface area is 180 Å². The van der Waals surface area contributed by atoms with Crippen LogP contribution < -0.4 is 10.6 Å². The van der Waals surface area contributed by atoms with Gasteiger partial charge in [0.25, 0.3) is 11.8 Å². The summed E-state index contributed by atoms with van der Waals surface area (Å²) in [6.07, 6.45) is 9.33. The third-order valence-electron chi connectivity index (χ3n) is 7.35. The monoisotopic (exact) mass is 415 g/mol. The zero-order valence-electron chi connectivity index (χ0n) is 17.2. The second kappa shape index (κ2) is 6.64.